The molecule has 1 aromatic rings. The molecule has 1 fully saturated rings. The van der Waals surface area contributed by atoms with Gasteiger partial charge in [-0.2, -0.15) is 5.10 Å². The zero-order valence-corrected chi connectivity index (χ0v) is 11.4. The summed E-state index contributed by atoms with van der Waals surface area (Å²) in [6.45, 7) is 0.294. The van der Waals surface area contributed by atoms with E-state index in [1.54, 1.807) is 0 Å². The molecule has 1 amide bonds. The maximum Gasteiger partial charge on any atom is 0.303 e. The van der Waals surface area contributed by atoms with E-state index in [1.165, 1.54) is 6.33 Å². The number of carboxylic acids is 1. The molecular weight excluding hydrogens is 260 g/mol. The Bertz CT molecular complexity index is 452. The standard InChI is InChI=1S/C13H20N4O3/c18-11(14-8-10-15-9-16-17-10)6-13(7-12(19)20)4-2-1-3-5-13/h9H,1-8H2,(H,14,18)(H,19,20)(H,15,16,17). The molecule has 0 radical (unpaired) electrons. The number of aromatic nitrogens is 3. The summed E-state index contributed by atoms with van der Waals surface area (Å²) < 4.78 is 0. The van der Waals surface area contributed by atoms with Crippen LogP contribution in [0.2, 0.25) is 0 Å². The summed E-state index contributed by atoms with van der Waals surface area (Å²) in [7, 11) is 0. The molecule has 1 saturated carbocycles. The van der Waals surface area contributed by atoms with Gasteiger partial charge in [-0.25, -0.2) is 4.98 Å². The molecule has 20 heavy (non-hydrogen) atoms. The van der Waals surface area contributed by atoms with Crippen LogP contribution in [-0.4, -0.2) is 32.2 Å². The van der Waals surface area contributed by atoms with Gasteiger partial charge < -0.3 is 10.4 Å². The van der Waals surface area contributed by atoms with Gasteiger partial charge in [-0.15, -0.1) is 0 Å². The number of amides is 1. The fourth-order valence-corrected chi connectivity index (χ4v) is 2.94. The van der Waals surface area contributed by atoms with Gasteiger partial charge in [0.1, 0.15) is 12.2 Å². The number of nitrogens with one attached hydrogen (secondary N) is 2. The summed E-state index contributed by atoms with van der Waals surface area (Å²) in [5, 5.41) is 18.2. The van der Waals surface area contributed by atoms with E-state index in [9.17, 15) is 9.59 Å². The van der Waals surface area contributed by atoms with Crippen molar-refractivity contribution >= 4 is 11.9 Å². The van der Waals surface area contributed by atoms with Crippen molar-refractivity contribution in [3.8, 4) is 0 Å². The maximum atomic E-state index is 12.0. The van der Waals surface area contributed by atoms with Crippen LogP contribution in [-0.2, 0) is 16.1 Å². The quantitative estimate of drug-likeness (QED) is 0.726. The summed E-state index contributed by atoms with van der Waals surface area (Å²) in [6, 6.07) is 0. The molecule has 7 nitrogen and oxygen atoms in total. The smallest absolute Gasteiger partial charge is 0.303 e. The van der Waals surface area contributed by atoms with E-state index < -0.39 is 5.97 Å². The first-order valence-corrected chi connectivity index (χ1v) is 6.92. The summed E-state index contributed by atoms with van der Waals surface area (Å²) in [6.07, 6.45) is 6.49. The number of aromatic amines is 1. The first-order valence-electron chi connectivity index (χ1n) is 6.92. The van der Waals surface area contributed by atoms with E-state index in [1.807, 2.05) is 0 Å². The predicted molar refractivity (Wildman–Crippen MR) is 70.6 cm³/mol. The Balaban J connectivity index is 1.89. The van der Waals surface area contributed by atoms with Crippen molar-refractivity contribution in [3.63, 3.8) is 0 Å². The average Bonchev–Trinajstić information content (AvgIpc) is 2.89. The molecular formula is C13H20N4O3. The second kappa shape index (κ2) is 6.49. The summed E-state index contributed by atoms with van der Waals surface area (Å²) in [5.41, 5.74) is -0.379. The molecule has 1 heterocycles. The van der Waals surface area contributed by atoms with Crippen molar-refractivity contribution in [3.05, 3.63) is 12.2 Å². The van der Waals surface area contributed by atoms with Crippen LogP contribution >= 0.6 is 0 Å². The van der Waals surface area contributed by atoms with Crippen molar-refractivity contribution in [2.75, 3.05) is 0 Å². The second-order valence-corrected chi connectivity index (χ2v) is 5.52. The SMILES string of the molecule is O=C(O)CC1(CC(=O)NCc2ncn[nH]2)CCCCC1. The van der Waals surface area contributed by atoms with E-state index in [2.05, 4.69) is 20.5 Å². The average molecular weight is 280 g/mol. The number of carbonyl (C=O) groups is 2. The largest absolute Gasteiger partial charge is 0.481 e. The highest BCUT2D eigenvalue weighted by atomic mass is 16.4. The first kappa shape index (κ1) is 14.5. The molecule has 0 atom stereocenters. The molecule has 1 aromatic heterocycles. The lowest BCUT2D eigenvalue weighted by Gasteiger charge is -2.35. The third-order valence-electron chi connectivity index (χ3n) is 3.89. The minimum Gasteiger partial charge on any atom is -0.481 e. The Hall–Kier alpha value is -1.92. The van der Waals surface area contributed by atoms with Gasteiger partial charge in [-0.05, 0) is 18.3 Å². The van der Waals surface area contributed by atoms with Gasteiger partial charge in [-0.1, -0.05) is 19.3 Å². The van der Waals surface area contributed by atoms with E-state index in [-0.39, 0.29) is 24.2 Å². The van der Waals surface area contributed by atoms with Gasteiger partial charge in [0.25, 0.3) is 0 Å². The van der Waals surface area contributed by atoms with Gasteiger partial charge >= 0.3 is 5.97 Å². The fraction of sp³-hybridized carbons (Fsp3) is 0.692. The maximum absolute atomic E-state index is 12.0. The first-order chi connectivity index (χ1) is 9.60. The molecule has 3 N–H and O–H groups in total. The number of carboxylic acid groups (broad SMARTS) is 1. The molecule has 2 rings (SSSR count). The van der Waals surface area contributed by atoms with Crippen LogP contribution in [0.25, 0.3) is 0 Å². The molecule has 0 spiro atoms. The van der Waals surface area contributed by atoms with Gasteiger partial charge in [0.15, 0.2) is 0 Å². The normalized spacial score (nSPS) is 17.6. The van der Waals surface area contributed by atoms with Crippen LogP contribution in [0.3, 0.4) is 0 Å². The van der Waals surface area contributed by atoms with Gasteiger partial charge in [0.05, 0.1) is 13.0 Å². The highest BCUT2D eigenvalue weighted by Gasteiger charge is 2.36. The summed E-state index contributed by atoms with van der Waals surface area (Å²) >= 11 is 0. The van der Waals surface area contributed by atoms with Crippen LogP contribution in [0.4, 0.5) is 0 Å². The Morgan fingerprint density at radius 3 is 2.65 bits per heavy atom. The zero-order valence-electron chi connectivity index (χ0n) is 11.4. The van der Waals surface area contributed by atoms with Crippen molar-refractivity contribution in [2.45, 2.75) is 51.5 Å². The van der Waals surface area contributed by atoms with Crippen LogP contribution in [0, 0.1) is 5.41 Å². The van der Waals surface area contributed by atoms with E-state index in [4.69, 9.17) is 5.11 Å². The Kier molecular flexibility index (Phi) is 4.70. The van der Waals surface area contributed by atoms with Crippen molar-refractivity contribution in [1.29, 1.82) is 0 Å². The predicted octanol–water partition coefficient (Wildman–Crippen LogP) is 1.24. The number of aliphatic carboxylic acids is 1. The molecule has 0 aliphatic heterocycles. The van der Waals surface area contributed by atoms with Gasteiger partial charge in [-0.3, -0.25) is 14.7 Å². The number of nitrogens with zero attached hydrogens (tertiary/aromatic N) is 2. The van der Waals surface area contributed by atoms with Crippen LogP contribution in [0.5, 0.6) is 0 Å². The highest BCUT2D eigenvalue weighted by molar-refractivity contribution is 5.78. The number of carbonyl (C=O) groups excluding carboxylic acids is 1. The van der Waals surface area contributed by atoms with Crippen LogP contribution in [0.1, 0.15) is 50.8 Å². The highest BCUT2D eigenvalue weighted by Crippen LogP contribution is 2.42. The second-order valence-electron chi connectivity index (χ2n) is 5.52. The summed E-state index contributed by atoms with van der Waals surface area (Å²) in [5.74, 6) is -0.353. The lowest BCUT2D eigenvalue weighted by atomic mass is 9.69. The molecule has 0 bridgehead atoms. The number of hydrogen-bond donors (Lipinski definition) is 3. The molecule has 1 aliphatic rings. The van der Waals surface area contributed by atoms with Crippen LogP contribution < -0.4 is 5.32 Å². The topological polar surface area (TPSA) is 108 Å². The van der Waals surface area contributed by atoms with Crippen LogP contribution in [0.15, 0.2) is 6.33 Å². The van der Waals surface area contributed by atoms with Gasteiger partial charge in [0, 0.05) is 6.42 Å². The van der Waals surface area contributed by atoms with E-state index in [0.29, 0.717) is 12.4 Å². The monoisotopic (exact) mass is 280 g/mol. The summed E-state index contributed by atoms with van der Waals surface area (Å²) in [4.78, 5) is 27.0. The molecule has 0 unspecified atom stereocenters. The molecule has 7 heteroatoms. The van der Waals surface area contributed by atoms with E-state index in [0.717, 1.165) is 32.1 Å². The molecule has 0 saturated heterocycles. The van der Waals surface area contributed by atoms with Crippen molar-refractivity contribution < 1.29 is 14.7 Å². The Morgan fingerprint density at radius 2 is 2.05 bits per heavy atom. The molecule has 0 aromatic carbocycles. The van der Waals surface area contributed by atoms with Crippen molar-refractivity contribution in [1.82, 2.24) is 20.5 Å². The third kappa shape index (κ3) is 4.04. The lowest BCUT2D eigenvalue weighted by molar-refractivity contribution is -0.141. The fourth-order valence-electron chi connectivity index (χ4n) is 2.94. The minimum absolute atomic E-state index is 0.0722. The van der Waals surface area contributed by atoms with Crippen molar-refractivity contribution in [2.24, 2.45) is 5.41 Å². The van der Waals surface area contributed by atoms with Gasteiger partial charge in [0.2, 0.25) is 5.91 Å². The molecule has 1 aliphatic carbocycles. The lowest BCUT2D eigenvalue weighted by Crippen LogP contribution is -2.35. The number of hydrogen-bond acceptors (Lipinski definition) is 4. The number of rotatable bonds is 6. The van der Waals surface area contributed by atoms with E-state index >= 15 is 0 Å². The number of H-pyrrole nitrogens is 1. The molecule has 110 valence electrons. The Labute approximate surface area is 117 Å². The third-order valence-corrected chi connectivity index (χ3v) is 3.89. The Morgan fingerprint density at radius 1 is 1.30 bits per heavy atom. The zero-order chi connectivity index (χ0) is 14.4. The minimum atomic E-state index is -0.824.